The molecule has 0 N–H and O–H groups in total. The van der Waals surface area contributed by atoms with E-state index in [2.05, 4.69) is 0 Å². The second kappa shape index (κ2) is 10.3. The highest BCUT2D eigenvalue weighted by Gasteiger charge is 2.24. The molecule has 0 aliphatic heterocycles. The lowest BCUT2D eigenvalue weighted by molar-refractivity contribution is -0.118. The lowest BCUT2D eigenvalue weighted by atomic mass is 10.2. The summed E-state index contributed by atoms with van der Waals surface area (Å²) in [6.45, 7) is 0.315. The van der Waals surface area contributed by atoms with Crippen LogP contribution in [0, 0.1) is 0 Å². The van der Waals surface area contributed by atoms with E-state index in [1.807, 2.05) is 54.8 Å². The van der Waals surface area contributed by atoms with E-state index >= 15 is 0 Å². The standard InChI is InChI=1S/C24H21ClN2O3S3/c1-31-20-8-5-9-21-23(20)26-24(32-21)27(16-17-6-3-2-4-7-17)22(28)14-15-33(29,30)19-12-10-18(25)11-13-19/h2-13H,14-16H2,1H3. The average molecular weight is 517 g/mol. The van der Waals surface area contributed by atoms with Crippen LogP contribution in [0.1, 0.15) is 12.0 Å². The number of rotatable bonds is 8. The molecule has 5 nitrogen and oxygen atoms in total. The zero-order valence-corrected chi connectivity index (χ0v) is 21.0. The Kier molecular flexibility index (Phi) is 7.38. The third-order valence-electron chi connectivity index (χ3n) is 5.06. The molecular formula is C24H21ClN2O3S3. The van der Waals surface area contributed by atoms with E-state index in [0.29, 0.717) is 16.7 Å². The first-order valence-electron chi connectivity index (χ1n) is 10.1. The van der Waals surface area contributed by atoms with Crippen molar-refractivity contribution in [2.45, 2.75) is 22.8 Å². The number of thiazole rings is 1. The molecule has 0 spiro atoms. The minimum atomic E-state index is -3.62. The largest absolute Gasteiger partial charge is 0.284 e. The Morgan fingerprint density at radius 2 is 1.76 bits per heavy atom. The van der Waals surface area contributed by atoms with Crippen LogP contribution in [0.25, 0.3) is 10.2 Å². The zero-order valence-electron chi connectivity index (χ0n) is 17.8. The van der Waals surface area contributed by atoms with Crippen molar-refractivity contribution in [2.75, 3.05) is 16.9 Å². The van der Waals surface area contributed by atoms with Gasteiger partial charge in [-0.3, -0.25) is 9.69 Å². The van der Waals surface area contributed by atoms with E-state index in [1.54, 1.807) is 16.7 Å². The Morgan fingerprint density at radius 3 is 2.45 bits per heavy atom. The van der Waals surface area contributed by atoms with Crippen molar-refractivity contribution in [3.8, 4) is 0 Å². The second-order valence-corrected chi connectivity index (χ2v) is 11.7. The number of thioether (sulfide) groups is 1. The first-order chi connectivity index (χ1) is 15.9. The van der Waals surface area contributed by atoms with Crippen molar-refractivity contribution in [3.63, 3.8) is 0 Å². The maximum absolute atomic E-state index is 13.3. The fraction of sp³-hybridized carbons (Fsp3) is 0.167. The van der Waals surface area contributed by atoms with E-state index < -0.39 is 9.84 Å². The summed E-state index contributed by atoms with van der Waals surface area (Å²) in [4.78, 5) is 20.8. The molecule has 4 aromatic rings. The number of anilines is 1. The Morgan fingerprint density at radius 1 is 1.03 bits per heavy atom. The quantitative estimate of drug-likeness (QED) is 0.266. The molecule has 0 aliphatic rings. The van der Waals surface area contributed by atoms with Crippen LogP contribution in [-0.2, 0) is 21.2 Å². The summed E-state index contributed by atoms with van der Waals surface area (Å²) in [6.07, 6.45) is 1.84. The summed E-state index contributed by atoms with van der Waals surface area (Å²) in [6, 6.07) is 21.5. The van der Waals surface area contributed by atoms with Gasteiger partial charge in [0, 0.05) is 16.3 Å². The number of para-hydroxylation sites is 1. The van der Waals surface area contributed by atoms with Crippen LogP contribution in [0.4, 0.5) is 5.13 Å². The predicted molar refractivity (Wildman–Crippen MR) is 137 cm³/mol. The summed E-state index contributed by atoms with van der Waals surface area (Å²) >= 11 is 8.90. The molecule has 0 saturated heterocycles. The third-order valence-corrected chi connectivity index (χ3v) is 8.86. The Hall–Kier alpha value is -2.39. The number of sulfone groups is 1. The normalized spacial score (nSPS) is 11.6. The molecule has 1 aromatic heterocycles. The molecule has 9 heteroatoms. The number of aromatic nitrogens is 1. The molecule has 0 atom stereocenters. The van der Waals surface area contributed by atoms with Crippen molar-refractivity contribution in [1.29, 1.82) is 0 Å². The Bertz CT molecular complexity index is 1370. The average Bonchev–Trinajstić information content (AvgIpc) is 3.26. The Labute approximate surface area is 206 Å². The number of halogens is 1. The van der Waals surface area contributed by atoms with E-state index in [-0.39, 0.29) is 23.0 Å². The van der Waals surface area contributed by atoms with Gasteiger partial charge in [-0.2, -0.15) is 0 Å². The summed E-state index contributed by atoms with van der Waals surface area (Å²) in [5.74, 6) is -0.583. The van der Waals surface area contributed by atoms with Crippen molar-refractivity contribution in [3.05, 3.63) is 83.4 Å². The molecule has 33 heavy (non-hydrogen) atoms. The fourth-order valence-electron chi connectivity index (χ4n) is 3.34. The van der Waals surface area contributed by atoms with Crippen LogP contribution < -0.4 is 4.90 Å². The van der Waals surface area contributed by atoms with Gasteiger partial charge in [-0.05, 0) is 48.2 Å². The lowest BCUT2D eigenvalue weighted by Gasteiger charge is -2.20. The monoisotopic (exact) mass is 516 g/mol. The number of carbonyl (C=O) groups is 1. The maximum atomic E-state index is 13.3. The first kappa shape index (κ1) is 23.8. The molecule has 0 unspecified atom stereocenters. The van der Waals surface area contributed by atoms with Crippen LogP contribution in [0.5, 0.6) is 0 Å². The topological polar surface area (TPSA) is 67.3 Å². The minimum absolute atomic E-state index is 0.150. The molecule has 0 fully saturated rings. The second-order valence-electron chi connectivity index (χ2n) is 7.29. The van der Waals surface area contributed by atoms with Gasteiger partial charge in [0.2, 0.25) is 5.91 Å². The smallest absolute Gasteiger partial charge is 0.230 e. The van der Waals surface area contributed by atoms with Crippen LogP contribution in [0.3, 0.4) is 0 Å². The van der Waals surface area contributed by atoms with Crippen LogP contribution in [0.15, 0.2) is 82.6 Å². The van der Waals surface area contributed by atoms with E-state index in [4.69, 9.17) is 16.6 Å². The van der Waals surface area contributed by atoms with Gasteiger partial charge in [0.05, 0.1) is 27.4 Å². The molecule has 4 rings (SSSR count). The van der Waals surface area contributed by atoms with Gasteiger partial charge < -0.3 is 0 Å². The molecule has 1 heterocycles. The number of hydrogen-bond donors (Lipinski definition) is 0. The number of nitrogens with zero attached hydrogens (tertiary/aromatic N) is 2. The van der Waals surface area contributed by atoms with E-state index in [1.165, 1.54) is 35.6 Å². The van der Waals surface area contributed by atoms with Crippen molar-refractivity contribution in [2.24, 2.45) is 0 Å². The van der Waals surface area contributed by atoms with Gasteiger partial charge in [0.1, 0.15) is 0 Å². The maximum Gasteiger partial charge on any atom is 0.230 e. The van der Waals surface area contributed by atoms with Gasteiger partial charge in [-0.15, -0.1) is 11.8 Å². The minimum Gasteiger partial charge on any atom is -0.284 e. The molecule has 0 radical (unpaired) electrons. The number of hydrogen-bond acceptors (Lipinski definition) is 6. The lowest BCUT2D eigenvalue weighted by Crippen LogP contribution is -2.31. The summed E-state index contributed by atoms with van der Waals surface area (Å²) in [5.41, 5.74) is 1.79. The van der Waals surface area contributed by atoms with Crippen LogP contribution in [-0.4, -0.2) is 31.3 Å². The van der Waals surface area contributed by atoms with E-state index in [9.17, 15) is 13.2 Å². The predicted octanol–water partition coefficient (Wildman–Crippen LogP) is 6.07. The first-order valence-corrected chi connectivity index (χ1v) is 14.2. The number of benzene rings is 3. The molecule has 0 saturated carbocycles. The third kappa shape index (κ3) is 5.58. The van der Waals surface area contributed by atoms with Crippen LogP contribution in [0.2, 0.25) is 5.02 Å². The summed E-state index contributed by atoms with van der Waals surface area (Å²) in [7, 11) is -3.62. The highest BCUT2D eigenvalue weighted by molar-refractivity contribution is 7.98. The van der Waals surface area contributed by atoms with E-state index in [0.717, 1.165) is 20.7 Å². The molecule has 170 valence electrons. The molecule has 3 aromatic carbocycles. The van der Waals surface area contributed by atoms with Crippen molar-refractivity contribution >= 4 is 65.8 Å². The van der Waals surface area contributed by atoms with Crippen molar-refractivity contribution < 1.29 is 13.2 Å². The Balaban J connectivity index is 1.62. The molecule has 0 bridgehead atoms. The van der Waals surface area contributed by atoms with Gasteiger partial charge in [-0.1, -0.05) is 59.3 Å². The van der Waals surface area contributed by atoms with Gasteiger partial charge in [-0.25, -0.2) is 13.4 Å². The highest BCUT2D eigenvalue weighted by Crippen LogP contribution is 2.35. The van der Waals surface area contributed by atoms with Crippen LogP contribution >= 0.6 is 34.7 Å². The fourth-order valence-corrected chi connectivity index (χ4v) is 6.33. The summed E-state index contributed by atoms with van der Waals surface area (Å²) < 4.78 is 26.5. The summed E-state index contributed by atoms with van der Waals surface area (Å²) in [5, 5.41) is 1.02. The number of amides is 1. The van der Waals surface area contributed by atoms with Gasteiger partial charge in [0.25, 0.3) is 0 Å². The molecule has 1 amide bonds. The number of fused-ring (bicyclic) bond motifs is 1. The molecule has 0 aliphatic carbocycles. The van der Waals surface area contributed by atoms with Gasteiger partial charge >= 0.3 is 0 Å². The highest BCUT2D eigenvalue weighted by atomic mass is 35.5. The molecular weight excluding hydrogens is 496 g/mol. The van der Waals surface area contributed by atoms with Crippen molar-refractivity contribution in [1.82, 2.24) is 4.98 Å². The van der Waals surface area contributed by atoms with Gasteiger partial charge in [0.15, 0.2) is 15.0 Å². The zero-order chi connectivity index (χ0) is 23.4. The number of carbonyl (C=O) groups excluding carboxylic acids is 1. The SMILES string of the molecule is CSc1cccc2sc(N(Cc3ccccc3)C(=O)CCS(=O)(=O)c3ccc(Cl)cc3)nc12.